The molecule has 0 saturated heterocycles. The molecule has 0 bridgehead atoms. The van der Waals surface area contributed by atoms with E-state index in [2.05, 4.69) is 16.6 Å². The van der Waals surface area contributed by atoms with Crippen LogP contribution in [0.1, 0.15) is 29.6 Å². The van der Waals surface area contributed by atoms with Crippen molar-refractivity contribution in [1.82, 2.24) is 10.3 Å². The molecule has 4 nitrogen and oxygen atoms in total. The topological polar surface area (TPSA) is 68.0 Å². The highest BCUT2D eigenvalue weighted by Gasteiger charge is 2.07. The standard InChI is InChI=1S/C12H19N3OS/c1-17-8-4-2-3-6-15-12(16)10-9-14-7-5-11(10)13/h5,7,9H,2-4,6,8H2,1H3,(H2,13,14)(H,15,16). The Labute approximate surface area is 106 Å². The maximum absolute atomic E-state index is 11.7. The van der Waals surface area contributed by atoms with Crippen LogP contribution in [0.2, 0.25) is 0 Å². The summed E-state index contributed by atoms with van der Waals surface area (Å²) in [6, 6.07) is 1.63. The van der Waals surface area contributed by atoms with Crippen LogP contribution in [-0.4, -0.2) is 29.4 Å². The summed E-state index contributed by atoms with van der Waals surface area (Å²) in [5.41, 5.74) is 6.62. The number of amides is 1. The Balaban J connectivity index is 2.24. The molecular formula is C12H19N3OS. The van der Waals surface area contributed by atoms with Gasteiger partial charge in [0.05, 0.1) is 5.56 Å². The number of carbonyl (C=O) groups excluding carboxylic acids is 1. The van der Waals surface area contributed by atoms with Crippen LogP contribution in [0.15, 0.2) is 18.5 Å². The fourth-order valence-corrected chi connectivity index (χ4v) is 1.93. The van der Waals surface area contributed by atoms with Gasteiger partial charge < -0.3 is 11.1 Å². The summed E-state index contributed by atoms with van der Waals surface area (Å²) in [5.74, 6) is 1.05. The molecule has 94 valence electrons. The minimum Gasteiger partial charge on any atom is -0.398 e. The maximum Gasteiger partial charge on any atom is 0.254 e. The zero-order chi connectivity index (χ0) is 12.5. The van der Waals surface area contributed by atoms with Gasteiger partial charge in [0.15, 0.2) is 0 Å². The number of nitrogen functional groups attached to an aromatic ring is 1. The summed E-state index contributed by atoms with van der Waals surface area (Å²) in [7, 11) is 0. The molecule has 0 aliphatic heterocycles. The van der Waals surface area contributed by atoms with Crippen molar-refractivity contribution in [2.45, 2.75) is 19.3 Å². The van der Waals surface area contributed by atoms with E-state index >= 15 is 0 Å². The van der Waals surface area contributed by atoms with E-state index in [0.29, 0.717) is 17.8 Å². The summed E-state index contributed by atoms with van der Waals surface area (Å²) in [4.78, 5) is 15.6. The Hall–Kier alpha value is -1.23. The Morgan fingerprint density at radius 2 is 2.29 bits per heavy atom. The Morgan fingerprint density at radius 1 is 1.47 bits per heavy atom. The van der Waals surface area contributed by atoms with E-state index in [9.17, 15) is 4.79 Å². The Morgan fingerprint density at radius 3 is 3.00 bits per heavy atom. The number of pyridine rings is 1. The van der Waals surface area contributed by atoms with Crippen LogP contribution >= 0.6 is 11.8 Å². The first-order chi connectivity index (χ1) is 8.25. The monoisotopic (exact) mass is 253 g/mol. The molecule has 0 aliphatic rings. The lowest BCUT2D eigenvalue weighted by atomic mass is 10.2. The summed E-state index contributed by atoms with van der Waals surface area (Å²) >= 11 is 1.85. The van der Waals surface area contributed by atoms with Crippen molar-refractivity contribution in [3.05, 3.63) is 24.0 Å². The first kappa shape index (κ1) is 13.8. The molecule has 0 fully saturated rings. The van der Waals surface area contributed by atoms with Crippen LogP contribution in [0.5, 0.6) is 0 Å². The molecule has 0 aliphatic carbocycles. The number of rotatable bonds is 7. The van der Waals surface area contributed by atoms with Crippen LogP contribution in [0, 0.1) is 0 Å². The van der Waals surface area contributed by atoms with Crippen LogP contribution in [0.4, 0.5) is 5.69 Å². The normalized spacial score (nSPS) is 10.2. The number of thioether (sulfide) groups is 1. The van der Waals surface area contributed by atoms with Crippen LogP contribution in [0.25, 0.3) is 0 Å². The van der Waals surface area contributed by atoms with Gasteiger partial charge in [-0.3, -0.25) is 9.78 Å². The lowest BCUT2D eigenvalue weighted by Crippen LogP contribution is -2.25. The number of hydrogen-bond donors (Lipinski definition) is 2. The minimum atomic E-state index is -0.138. The third kappa shape index (κ3) is 5.08. The highest BCUT2D eigenvalue weighted by atomic mass is 32.2. The van der Waals surface area contributed by atoms with Gasteiger partial charge in [0.25, 0.3) is 5.91 Å². The average Bonchev–Trinajstić information content (AvgIpc) is 2.34. The highest BCUT2D eigenvalue weighted by molar-refractivity contribution is 7.98. The highest BCUT2D eigenvalue weighted by Crippen LogP contribution is 2.08. The smallest absolute Gasteiger partial charge is 0.254 e. The van der Waals surface area contributed by atoms with Crippen molar-refractivity contribution >= 4 is 23.4 Å². The van der Waals surface area contributed by atoms with Gasteiger partial charge in [-0.2, -0.15) is 11.8 Å². The third-order valence-electron chi connectivity index (χ3n) is 2.41. The predicted molar refractivity (Wildman–Crippen MR) is 73.2 cm³/mol. The summed E-state index contributed by atoms with van der Waals surface area (Å²) < 4.78 is 0. The molecule has 1 aromatic rings. The van der Waals surface area contributed by atoms with Gasteiger partial charge in [0.1, 0.15) is 0 Å². The molecule has 0 atom stereocenters. The molecular weight excluding hydrogens is 234 g/mol. The summed E-state index contributed by atoms with van der Waals surface area (Å²) in [5, 5.41) is 2.85. The average molecular weight is 253 g/mol. The van der Waals surface area contributed by atoms with E-state index < -0.39 is 0 Å². The largest absolute Gasteiger partial charge is 0.398 e. The molecule has 1 amide bonds. The van der Waals surface area contributed by atoms with Crippen molar-refractivity contribution in [2.24, 2.45) is 0 Å². The van der Waals surface area contributed by atoms with Gasteiger partial charge >= 0.3 is 0 Å². The molecule has 0 spiro atoms. The zero-order valence-corrected chi connectivity index (χ0v) is 10.9. The quantitative estimate of drug-likeness (QED) is 0.729. The van der Waals surface area contributed by atoms with E-state index in [4.69, 9.17) is 5.73 Å². The molecule has 1 aromatic heterocycles. The van der Waals surface area contributed by atoms with E-state index in [-0.39, 0.29) is 5.91 Å². The second-order valence-corrected chi connectivity index (χ2v) is 4.76. The van der Waals surface area contributed by atoms with Crippen molar-refractivity contribution in [3.63, 3.8) is 0 Å². The summed E-state index contributed by atoms with van der Waals surface area (Å²) in [6.45, 7) is 0.696. The first-order valence-electron chi connectivity index (χ1n) is 5.72. The summed E-state index contributed by atoms with van der Waals surface area (Å²) in [6.07, 6.45) is 8.53. The third-order valence-corrected chi connectivity index (χ3v) is 3.11. The van der Waals surface area contributed by atoms with Crippen LogP contribution < -0.4 is 11.1 Å². The number of hydrogen-bond acceptors (Lipinski definition) is 4. The molecule has 5 heteroatoms. The Bertz CT molecular complexity index is 357. The molecule has 0 unspecified atom stereocenters. The molecule has 17 heavy (non-hydrogen) atoms. The van der Waals surface area contributed by atoms with Gasteiger partial charge in [-0.05, 0) is 30.9 Å². The van der Waals surface area contributed by atoms with E-state index in [1.54, 1.807) is 12.3 Å². The fourth-order valence-electron chi connectivity index (χ4n) is 1.44. The molecule has 0 aromatic carbocycles. The van der Waals surface area contributed by atoms with Crippen molar-refractivity contribution in [2.75, 3.05) is 24.3 Å². The van der Waals surface area contributed by atoms with Gasteiger partial charge in [-0.15, -0.1) is 0 Å². The Kier molecular flexibility index (Phi) is 6.47. The number of anilines is 1. The molecule has 0 radical (unpaired) electrons. The number of nitrogens with two attached hydrogens (primary N) is 1. The number of nitrogens with one attached hydrogen (secondary N) is 1. The minimum absolute atomic E-state index is 0.138. The van der Waals surface area contributed by atoms with E-state index in [0.717, 1.165) is 12.8 Å². The van der Waals surface area contributed by atoms with Gasteiger partial charge in [0.2, 0.25) is 0 Å². The van der Waals surface area contributed by atoms with Gasteiger partial charge in [-0.1, -0.05) is 6.42 Å². The lowest BCUT2D eigenvalue weighted by Gasteiger charge is -2.06. The van der Waals surface area contributed by atoms with Crippen molar-refractivity contribution in [3.8, 4) is 0 Å². The van der Waals surface area contributed by atoms with Crippen molar-refractivity contribution in [1.29, 1.82) is 0 Å². The van der Waals surface area contributed by atoms with Crippen LogP contribution in [0.3, 0.4) is 0 Å². The van der Waals surface area contributed by atoms with Gasteiger partial charge in [-0.25, -0.2) is 0 Å². The SMILES string of the molecule is CSCCCCCNC(=O)c1cnccc1N. The van der Waals surface area contributed by atoms with E-state index in [1.165, 1.54) is 18.4 Å². The van der Waals surface area contributed by atoms with Gasteiger partial charge in [0, 0.05) is 24.6 Å². The fraction of sp³-hybridized carbons (Fsp3) is 0.500. The van der Waals surface area contributed by atoms with E-state index in [1.807, 2.05) is 11.8 Å². The first-order valence-corrected chi connectivity index (χ1v) is 7.11. The number of aromatic nitrogens is 1. The number of nitrogens with zero attached hydrogens (tertiary/aromatic N) is 1. The zero-order valence-electron chi connectivity index (χ0n) is 10.1. The molecule has 1 heterocycles. The molecule has 3 N–H and O–H groups in total. The number of carbonyl (C=O) groups is 1. The second-order valence-electron chi connectivity index (χ2n) is 3.77. The molecule has 1 rings (SSSR count). The lowest BCUT2D eigenvalue weighted by molar-refractivity contribution is 0.0953. The predicted octanol–water partition coefficient (Wildman–Crippen LogP) is 1.93. The molecule has 0 saturated carbocycles. The number of unbranched alkanes of at least 4 members (excludes halogenated alkanes) is 2. The van der Waals surface area contributed by atoms with Crippen molar-refractivity contribution < 1.29 is 4.79 Å². The van der Waals surface area contributed by atoms with Crippen LogP contribution in [-0.2, 0) is 0 Å². The second kappa shape index (κ2) is 7.95. The maximum atomic E-state index is 11.7.